The Hall–Kier alpha value is -1.17. The zero-order valence-electron chi connectivity index (χ0n) is 12.1. The zero-order chi connectivity index (χ0) is 15.5. The molecule has 1 aliphatic rings. The van der Waals surface area contributed by atoms with E-state index in [-0.39, 0.29) is 17.8 Å². The monoisotopic (exact) mass is 312 g/mol. The summed E-state index contributed by atoms with van der Waals surface area (Å²) >= 11 is 6.10. The van der Waals surface area contributed by atoms with E-state index in [0.717, 1.165) is 31.2 Å². The lowest BCUT2D eigenvalue weighted by Gasteiger charge is -2.39. The van der Waals surface area contributed by atoms with E-state index >= 15 is 0 Å². The standard InChI is InChI=1S/C15H21ClN2O3/c1-11-4-6-15(10-19,7-5-11)17-9-12-2-3-13(18(20)21)8-14(12)16/h2-3,8,11,17,19H,4-7,9-10H2,1H3. The topological polar surface area (TPSA) is 75.4 Å². The number of hydrogen-bond acceptors (Lipinski definition) is 4. The maximum Gasteiger partial charge on any atom is 0.270 e. The molecule has 1 aromatic rings. The average molecular weight is 313 g/mol. The number of rotatable bonds is 5. The number of halogens is 1. The maximum atomic E-state index is 10.7. The third kappa shape index (κ3) is 3.93. The van der Waals surface area contributed by atoms with Crippen molar-refractivity contribution in [1.82, 2.24) is 5.32 Å². The van der Waals surface area contributed by atoms with Crippen LogP contribution in [0.3, 0.4) is 0 Å². The lowest BCUT2D eigenvalue weighted by atomic mass is 9.77. The van der Waals surface area contributed by atoms with Crippen LogP contribution in [0, 0.1) is 16.0 Å². The van der Waals surface area contributed by atoms with Crippen LogP contribution in [0.5, 0.6) is 0 Å². The Morgan fingerprint density at radius 3 is 2.67 bits per heavy atom. The Bertz CT molecular complexity index is 514. The molecule has 0 radical (unpaired) electrons. The van der Waals surface area contributed by atoms with Crippen molar-refractivity contribution in [3.8, 4) is 0 Å². The first-order valence-electron chi connectivity index (χ1n) is 7.24. The Kier molecular flexibility index (Phi) is 5.19. The smallest absolute Gasteiger partial charge is 0.270 e. The summed E-state index contributed by atoms with van der Waals surface area (Å²) in [6.07, 6.45) is 4.08. The van der Waals surface area contributed by atoms with Crippen molar-refractivity contribution in [2.45, 2.75) is 44.7 Å². The fraction of sp³-hybridized carbons (Fsp3) is 0.600. The number of non-ortho nitro benzene ring substituents is 1. The van der Waals surface area contributed by atoms with E-state index in [1.165, 1.54) is 12.1 Å². The molecule has 0 aromatic heterocycles. The fourth-order valence-corrected chi connectivity index (χ4v) is 3.02. The highest BCUT2D eigenvalue weighted by molar-refractivity contribution is 6.31. The molecule has 21 heavy (non-hydrogen) atoms. The number of nitro groups is 1. The van der Waals surface area contributed by atoms with Crippen molar-refractivity contribution >= 4 is 17.3 Å². The van der Waals surface area contributed by atoms with Gasteiger partial charge in [0.1, 0.15) is 0 Å². The minimum Gasteiger partial charge on any atom is -0.394 e. The van der Waals surface area contributed by atoms with Gasteiger partial charge in [-0.15, -0.1) is 0 Å². The van der Waals surface area contributed by atoms with Crippen molar-refractivity contribution in [3.05, 3.63) is 38.9 Å². The molecular formula is C15H21ClN2O3. The summed E-state index contributed by atoms with van der Waals surface area (Å²) in [5.74, 6) is 0.703. The van der Waals surface area contributed by atoms with Crippen LogP contribution < -0.4 is 5.32 Å². The van der Waals surface area contributed by atoms with Gasteiger partial charge in [-0.3, -0.25) is 10.1 Å². The summed E-state index contributed by atoms with van der Waals surface area (Å²) in [7, 11) is 0. The minimum atomic E-state index is -0.458. The first-order chi connectivity index (χ1) is 9.96. The summed E-state index contributed by atoms with van der Waals surface area (Å²) < 4.78 is 0. The predicted octanol–water partition coefficient (Wildman–Crippen LogP) is 3.28. The second kappa shape index (κ2) is 6.73. The van der Waals surface area contributed by atoms with E-state index < -0.39 is 4.92 Å². The highest BCUT2D eigenvalue weighted by atomic mass is 35.5. The van der Waals surface area contributed by atoms with E-state index in [1.54, 1.807) is 6.07 Å². The van der Waals surface area contributed by atoms with E-state index in [9.17, 15) is 15.2 Å². The second-order valence-corrected chi connectivity index (χ2v) is 6.41. The number of benzene rings is 1. The molecule has 6 heteroatoms. The van der Waals surface area contributed by atoms with Crippen LogP contribution in [0.2, 0.25) is 5.02 Å². The van der Waals surface area contributed by atoms with Gasteiger partial charge in [0.2, 0.25) is 0 Å². The molecule has 1 saturated carbocycles. The molecule has 1 aromatic carbocycles. The molecule has 0 aliphatic heterocycles. The molecule has 1 fully saturated rings. The summed E-state index contributed by atoms with van der Waals surface area (Å²) in [6.45, 7) is 2.84. The van der Waals surface area contributed by atoms with Gasteiger partial charge in [0.15, 0.2) is 0 Å². The number of nitrogens with one attached hydrogen (secondary N) is 1. The minimum absolute atomic E-state index is 0.00730. The molecule has 5 nitrogen and oxygen atoms in total. The van der Waals surface area contributed by atoms with E-state index in [1.807, 2.05) is 0 Å². The van der Waals surface area contributed by atoms with Crippen molar-refractivity contribution in [1.29, 1.82) is 0 Å². The van der Waals surface area contributed by atoms with Gasteiger partial charge in [0.25, 0.3) is 5.69 Å². The lowest BCUT2D eigenvalue weighted by Crippen LogP contribution is -2.50. The molecule has 2 N–H and O–H groups in total. The number of aliphatic hydroxyl groups is 1. The number of aliphatic hydroxyl groups excluding tert-OH is 1. The van der Waals surface area contributed by atoms with Crippen LogP contribution in [0.4, 0.5) is 5.69 Å². The molecule has 0 spiro atoms. The third-order valence-electron chi connectivity index (χ3n) is 4.44. The number of nitro benzene ring substituents is 1. The number of nitrogens with zero attached hydrogens (tertiary/aromatic N) is 1. The molecule has 0 bridgehead atoms. The van der Waals surface area contributed by atoms with Gasteiger partial charge in [-0.2, -0.15) is 0 Å². The van der Waals surface area contributed by atoms with Crippen LogP contribution in [-0.4, -0.2) is 22.2 Å². The van der Waals surface area contributed by atoms with E-state index in [2.05, 4.69) is 12.2 Å². The molecule has 1 aliphatic carbocycles. The first-order valence-corrected chi connectivity index (χ1v) is 7.62. The van der Waals surface area contributed by atoms with Crippen LogP contribution in [-0.2, 0) is 6.54 Å². The predicted molar refractivity (Wildman–Crippen MR) is 82.4 cm³/mol. The molecule has 0 amide bonds. The molecule has 116 valence electrons. The van der Waals surface area contributed by atoms with Gasteiger partial charge >= 0.3 is 0 Å². The number of hydrogen-bond donors (Lipinski definition) is 2. The fourth-order valence-electron chi connectivity index (χ4n) is 2.78. The molecular weight excluding hydrogens is 292 g/mol. The van der Waals surface area contributed by atoms with Crippen LogP contribution >= 0.6 is 11.6 Å². The molecule has 0 saturated heterocycles. The van der Waals surface area contributed by atoms with E-state index in [4.69, 9.17) is 11.6 Å². The first kappa shape index (κ1) is 16.2. The summed E-state index contributed by atoms with van der Waals surface area (Å²) in [5.41, 5.74) is 0.554. The van der Waals surface area contributed by atoms with Crippen LogP contribution in [0.25, 0.3) is 0 Å². The largest absolute Gasteiger partial charge is 0.394 e. The van der Waals surface area contributed by atoms with Crippen molar-refractivity contribution < 1.29 is 10.0 Å². The van der Waals surface area contributed by atoms with Gasteiger partial charge in [-0.25, -0.2) is 0 Å². The summed E-state index contributed by atoms with van der Waals surface area (Å²) in [5, 5.41) is 24.2. The van der Waals surface area contributed by atoms with E-state index in [0.29, 0.717) is 17.5 Å². The van der Waals surface area contributed by atoms with Gasteiger partial charge < -0.3 is 10.4 Å². The Morgan fingerprint density at radius 1 is 1.48 bits per heavy atom. The molecule has 2 rings (SSSR count). The zero-order valence-corrected chi connectivity index (χ0v) is 12.9. The van der Waals surface area contributed by atoms with Gasteiger partial charge in [0.05, 0.1) is 16.6 Å². The SMILES string of the molecule is CC1CCC(CO)(NCc2ccc([N+](=O)[O-])cc2Cl)CC1. The highest BCUT2D eigenvalue weighted by Crippen LogP contribution is 2.32. The Balaban J connectivity index is 2.03. The third-order valence-corrected chi connectivity index (χ3v) is 4.79. The van der Waals surface area contributed by atoms with Crippen molar-refractivity contribution in [2.24, 2.45) is 5.92 Å². The lowest BCUT2D eigenvalue weighted by molar-refractivity contribution is -0.384. The Morgan fingerprint density at radius 2 is 2.14 bits per heavy atom. The quantitative estimate of drug-likeness (QED) is 0.646. The molecule has 0 atom stereocenters. The average Bonchev–Trinajstić information content (AvgIpc) is 2.48. The van der Waals surface area contributed by atoms with Crippen molar-refractivity contribution in [2.75, 3.05) is 6.61 Å². The van der Waals surface area contributed by atoms with Crippen LogP contribution in [0.1, 0.15) is 38.2 Å². The highest BCUT2D eigenvalue weighted by Gasteiger charge is 2.33. The summed E-state index contributed by atoms with van der Waals surface area (Å²) in [4.78, 5) is 10.2. The second-order valence-electron chi connectivity index (χ2n) is 6.01. The maximum absolute atomic E-state index is 10.7. The molecule has 0 heterocycles. The Labute approximate surface area is 129 Å². The van der Waals surface area contributed by atoms with Crippen molar-refractivity contribution in [3.63, 3.8) is 0 Å². The molecule has 0 unspecified atom stereocenters. The van der Waals surface area contributed by atoms with Gasteiger partial charge in [0, 0.05) is 24.2 Å². The summed E-state index contributed by atoms with van der Waals surface area (Å²) in [6, 6.07) is 4.49. The normalized spacial score (nSPS) is 25.8. The van der Waals surface area contributed by atoms with Gasteiger partial charge in [-0.1, -0.05) is 18.5 Å². The van der Waals surface area contributed by atoms with Gasteiger partial charge in [-0.05, 0) is 43.2 Å². The van der Waals surface area contributed by atoms with Crippen LogP contribution in [0.15, 0.2) is 18.2 Å².